The molecule has 0 bridgehead atoms. The summed E-state index contributed by atoms with van der Waals surface area (Å²) in [6, 6.07) is 3.50. The summed E-state index contributed by atoms with van der Waals surface area (Å²) in [7, 11) is 1.59. The van der Waals surface area contributed by atoms with Gasteiger partial charge in [0.1, 0.15) is 10.3 Å². The van der Waals surface area contributed by atoms with Gasteiger partial charge in [0.15, 0.2) is 5.75 Å². The van der Waals surface area contributed by atoms with Crippen molar-refractivity contribution in [3.8, 4) is 5.75 Å². The van der Waals surface area contributed by atoms with Crippen LogP contribution in [0.15, 0.2) is 16.7 Å². The quantitative estimate of drug-likeness (QED) is 0.727. The molecule has 0 spiro atoms. The van der Waals surface area contributed by atoms with E-state index in [9.17, 15) is 4.79 Å². The fourth-order valence-electron chi connectivity index (χ4n) is 3.32. The lowest BCUT2D eigenvalue weighted by Gasteiger charge is -2.36. The second-order valence-electron chi connectivity index (χ2n) is 6.34. The highest BCUT2D eigenvalue weighted by molar-refractivity contribution is 9.10. The van der Waals surface area contributed by atoms with Crippen molar-refractivity contribution in [2.24, 2.45) is 5.92 Å². The maximum atomic E-state index is 12.6. The fourth-order valence-corrected chi connectivity index (χ4v) is 3.81. The molecule has 132 valence electrons. The molecule has 0 N–H and O–H groups in total. The van der Waals surface area contributed by atoms with Crippen molar-refractivity contribution in [2.75, 3.05) is 53.0 Å². The summed E-state index contributed by atoms with van der Waals surface area (Å²) in [6.45, 7) is 6.48. The van der Waals surface area contributed by atoms with E-state index in [4.69, 9.17) is 9.47 Å². The first-order chi connectivity index (χ1) is 11.7. The molecule has 0 unspecified atom stereocenters. The molecule has 2 fully saturated rings. The minimum atomic E-state index is 0.00294. The minimum Gasteiger partial charge on any atom is -0.494 e. The zero-order valence-corrected chi connectivity index (χ0v) is 15.6. The number of aromatic nitrogens is 1. The van der Waals surface area contributed by atoms with Gasteiger partial charge in [0.25, 0.3) is 5.91 Å². The molecule has 0 radical (unpaired) electrons. The van der Waals surface area contributed by atoms with Crippen LogP contribution in [0.4, 0.5) is 0 Å². The zero-order chi connectivity index (χ0) is 16.9. The SMILES string of the molecule is COc1ccc(C(=O)N2CCC(CN3CCOCC3)CC2)nc1Br. The van der Waals surface area contributed by atoms with Crippen LogP contribution in [0.2, 0.25) is 0 Å². The highest BCUT2D eigenvalue weighted by Crippen LogP contribution is 2.24. The number of hydrogen-bond acceptors (Lipinski definition) is 5. The Bertz CT molecular complexity index is 570. The van der Waals surface area contributed by atoms with Crippen molar-refractivity contribution in [2.45, 2.75) is 12.8 Å². The van der Waals surface area contributed by atoms with E-state index >= 15 is 0 Å². The van der Waals surface area contributed by atoms with Crippen molar-refractivity contribution in [3.05, 3.63) is 22.4 Å². The summed E-state index contributed by atoms with van der Waals surface area (Å²) in [5.41, 5.74) is 0.467. The van der Waals surface area contributed by atoms with Crippen LogP contribution in [0.3, 0.4) is 0 Å². The first kappa shape index (κ1) is 17.6. The molecule has 0 aromatic carbocycles. The van der Waals surface area contributed by atoms with Gasteiger partial charge in [0.2, 0.25) is 0 Å². The average molecular weight is 398 g/mol. The van der Waals surface area contributed by atoms with Crippen LogP contribution in [0, 0.1) is 5.92 Å². The molecule has 3 rings (SSSR count). The van der Waals surface area contributed by atoms with Crippen LogP contribution in [-0.2, 0) is 4.74 Å². The number of piperidine rings is 1. The molecule has 7 heteroatoms. The van der Waals surface area contributed by atoms with Crippen molar-refractivity contribution >= 4 is 21.8 Å². The molecule has 2 aliphatic rings. The fraction of sp³-hybridized carbons (Fsp3) is 0.647. The number of rotatable bonds is 4. The van der Waals surface area contributed by atoms with Crippen molar-refractivity contribution in [1.29, 1.82) is 0 Å². The van der Waals surface area contributed by atoms with Gasteiger partial charge < -0.3 is 14.4 Å². The molecular formula is C17H24BrN3O3. The van der Waals surface area contributed by atoms with Gasteiger partial charge in [-0.1, -0.05) is 0 Å². The van der Waals surface area contributed by atoms with E-state index in [1.54, 1.807) is 19.2 Å². The van der Waals surface area contributed by atoms with Crippen molar-refractivity contribution in [1.82, 2.24) is 14.8 Å². The number of hydrogen-bond donors (Lipinski definition) is 0. The third kappa shape index (κ3) is 4.26. The van der Waals surface area contributed by atoms with E-state index < -0.39 is 0 Å². The lowest BCUT2D eigenvalue weighted by Crippen LogP contribution is -2.44. The number of methoxy groups -OCH3 is 1. The molecule has 0 atom stereocenters. The van der Waals surface area contributed by atoms with E-state index in [-0.39, 0.29) is 5.91 Å². The molecule has 0 saturated carbocycles. The highest BCUT2D eigenvalue weighted by atomic mass is 79.9. The monoisotopic (exact) mass is 397 g/mol. The number of carbonyl (C=O) groups is 1. The topological polar surface area (TPSA) is 54.9 Å². The first-order valence-corrected chi connectivity index (χ1v) is 9.26. The molecule has 6 nitrogen and oxygen atoms in total. The van der Waals surface area contributed by atoms with Crippen LogP contribution >= 0.6 is 15.9 Å². The summed E-state index contributed by atoms with van der Waals surface area (Å²) in [6.07, 6.45) is 2.11. The van der Waals surface area contributed by atoms with Crippen LogP contribution in [0.5, 0.6) is 5.75 Å². The standard InChI is InChI=1S/C17H24BrN3O3/c1-23-15-3-2-14(19-16(15)18)17(22)21-6-4-13(5-7-21)12-20-8-10-24-11-9-20/h2-3,13H,4-12H2,1H3. The Balaban J connectivity index is 1.52. The number of halogens is 1. The van der Waals surface area contributed by atoms with E-state index in [2.05, 4.69) is 25.8 Å². The molecule has 1 aromatic rings. The third-order valence-corrected chi connectivity index (χ3v) is 5.34. The Hall–Kier alpha value is -1.18. The van der Waals surface area contributed by atoms with Gasteiger partial charge in [-0.05, 0) is 46.8 Å². The summed E-state index contributed by atoms with van der Waals surface area (Å²) < 4.78 is 11.1. The lowest BCUT2D eigenvalue weighted by atomic mass is 9.95. The number of pyridine rings is 1. The number of ether oxygens (including phenoxy) is 2. The Morgan fingerprint density at radius 1 is 1.29 bits per heavy atom. The van der Waals surface area contributed by atoms with E-state index in [1.165, 1.54) is 0 Å². The molecule has 0 aliphatic carbocycles. The number of likely N-dealkylation sites (tertiary alicyclic amines) is 1. The van der Waals surface area contributed by atoms with Gasteiger partial charge in [-0.3, -0.25) is 9.69 Å². The molecule has 2 aliphatic heterocycles. The Morgan fingerprint density at radius 3 is 2.62 bits per heavy atom. The van der Waals surface area contributed by atoms with Gasteiger partial charge in [-0.2, -0.15) is 0 Å². The number of nitrogens with zero attached hydrogens (tertiary/aromatic N) is 3. The first-order valence-electron chi connectivity index (χ1n) is 8.47. The van der Waals surface area contributed by atoms with E-state index in [1.807, 2.05) is 4.90 Å². The van der Waals surface area contributed by atoms with Crippen LogP contribution in [0.25, 0.3) is 0 Å². The Kier molecular flexibility index (Phi) is 6.08. The van der Waals surface area contributed by atoms with Gasteiger partial charge >= 0.3 is 0 Å². The van der Waals surface area contributed by atoms with Crippen molar-refractivity contribution < 1.29 is 14.3 Å². The van der Waals surface area contributed by atoms with Crippen molar-refractivity contribution in [3.63, 3.8) is 0 Å². The minimum absolute atomic E-state index is 0.00294. The van der Waals surface area contributed by atoms with Gasteiger partial charge in [-0.15, -0.1) is 0 Å². The van der Waals surface area contributed by atoms with Crippen LogP contribution in [-0.4, -0.2) is 73.7 Å². The normalized spacial score (nSPS) is 20.2. The molecule has 24 heavy (non-hydrogen) atoms. The van der Waals surface area contributed by atoms with Gasteiger partial charge in [0, 0.05) is 32.7 Å². The summed E-state index contributed by atoms with van der Waals surface area (Å²) in [4.78, 5) is 21.3. The molecule has 2 saturated heterocycles. The van der Waals surface area contributed by atoms with Gasteiger partial charge in [0.05, 0.1) is 20.3 Å². The predicted molar refractivity (Wildman–Crippen MR) is 94.4 cm³/mol. The maximum absolute atomic E-state index is 12.6. The molecule has 1 amide bonds. The van der Waals surface area contributed by atoms with E-state index in [0.29, 0.717) is 22.0 Å². The second kappa shape index (κ2) is 8.27. The van der Waals surface area contributed by atoms with Crippen LogP contribution < -0.4 is 4.74 Å². The largest absolute Gasteiger partial charge is 0.494 e. The Labute approximate surface area is 151 Å². The number of amides is 1. The molecule has 1 aromatic heterocycles. The van der Waals surface area contributed by atoms with Gasteiger partial charge in [-0.25, -0.2) is 4.98 Å². The lowest BCUT2D eigenvalue weighted by molar-refractivity contribution is 0.0242. The smallest absolute Gasteiger partial charge is 0.272 e. The summed E-state index contributed by atoms with van der Waals surface area (Å²) >= 11 is 3.34. The van der Waals surface area contributed by atoms with E-state index in [0.717, 1.165) is 58.8 Å². The number of carbonyl (C=O) groups excluding carboxylic acids is 1. The third-order valence-electron chi connectivity index (χ3n) is 4.78. The maximum Gasteiger partial charge on any atom is 0.272 e. The number of morpholine rings is 1. The molecule has 3 heterocycles. The average Bonchev–Trinajstić information content (AvgIpc) is 2.62. The highest BCUT2D eigenvalue weighted by Gasteiger charge is 2.26. The second-order valence-corrected chi connectivity index (χ2v) is 7.09. The Morgan fingerprint density at radius 2 is 2.00 bits per heavy atom. The molecular weight excluding hydrogens is 374 g/mol. The predicted octanol–water partition coefficient (Wildman–Crippen LogP) is 2.04. The summed E-state index contributed by atoms with van der Waals surface area (Å²) in [5.74, 6) is 1.31. The summed E-state index contributed by atoms with van der Waals surface area (Å²) in [5, 5.41) is 0. The zero-order valence-electron chi connectivity index (χ0n) is 14.0. The van der Waals surface area contributed by atoms with Crippen LogP contribution in [0.1, 0.15) is 23.3 Å².